The molecule has 0 aromatic heterocycles. The molecule has 0 fully saturated rings. The zero-order chi connectivity index (χ0) is 13.4. The van der Waals surface area contributed by atoms with E-state index in [0.29, 0.717) is 0 Å². The maximum atomic E-state index is 11.5. The lowest BCUT2D eigenvalue weighted by Gasteiger charge is -2.19. The fraction of sp³-hybridized carbons (Fsp3) is 0.727. The summed E-state index contributed by atoms with van der Waals surface area (Å²) in [6, 6.07) is 0. The van der Waals surface area contributed by atoms with Crippen molar-refractivity contribution in [2.75, 3.05) is 13.4 Å². The van der Waals surface area contributed by atoms with Crippen LogP contribution < -0.4 is 5.32 Å². The number of alkyl carbamates (subject to hydrolysis) is 1. The minimum absolute atomic E-state index is 0.0474. The van der Waals surface area contributed by atoms with Crippen LogP contribution in [0, 0.1) is 0 Å². The summed E-state index contributed by atoms with van der Waals surface area (Å²) in [4.78, 5) is 20.7. The molecule has 104 valence electrons. The van der Waals surface area contributed by atoms with Crippen LogP contribution in [-0.2, 0) is 21.1 Å². The Labute approximate surface area is 113 Å². The number of allylic oxidation sites excluding steroid dienone is 2. The minimum Gasteiger partial charge on any atom is -0.446 e. The molecule has 1 aliphatic rings. The molecule has 2 N–H and O–H groups in total. The molecule has 0 aliphatic heterocycles. The van der Waals surface area contributed by atoms with Crippen LogP contribution in [0.5, 0.6) is 0 Å². The first-order valence-electron chi connectivity index (χ1n) is 6.01. The number of hydrogen-bond donors (Lipinski definition) is 2. The molecule has 0 heterocycles. The van der Waals surface area contributed by atoms with Gasteiger partial charge < -0.3 is 14.2 Å². The fourth-order valence-corrected chi connectivity index (χ4v) is 2.11. The van der Waals surface area contributed by atoms with Crippen molar-refractivity contribution in [1.82, 2.24) is 5.32 Å². The molecule has 0 radical (unpaired) electrons. The van der Waals surface area contributed by atoms with E-state index in [1.54, 1.807) is 0 Å². The van der Waals surface area contributed by atoms with Crippen molar-refractivity contribution >= 4 is 24.4 Å². The third-order valence-electron chi connectivity index (χ3n) is 2.51. The quantitative estimate of drug-likeness (QED) is 0.473. The molecule has 0 saturated heterocycles. The van der Waals surface area contributed by atoms with Gasteiger partial charge in [-0.15, -0.1) is 0 Å². The van der Waals surface area contributed by atoms with Crippen molar-refractivity contribution in [3.05, 3.63) is 12.2 Å². The first kappa shape index (κ1) is 15.6. The van der Waals surface area contributed by atoms with Gasteiger partial charge in [-0.3, -0.25) is 5.32 Å². The molecule has 0 spiro atoms. The summed E-state index contributed by atoms with van der Waals surface area (Å²) in [5, 5.41) is 2.42. The number of hydrogen-bond acceptors (Lipinski definition) is 4. The maximum Gasteiger partial charge on any atom is 0.409 e. The first-order chi connectivity index (χ1) is 8.47. The van der Waals surface area contributed by atoms with E-state index in [4.69, 9.17) is 9.26 Å². The number of carbonyl (C=O) groups excluding carboxylic acids is 1. The zero-order valence-corrected chi connectivity index (χ0v) is 12.2. The Bertz CT molecular complexity index is 342. The lowest BCUT2D eigenvalue weighted by Crippen LogP contribution is -2.30. The van der Waals surface area contributed by atoms with Crippen LogP contribution in [0.4, 0.5) is 4.79 Å². The number of rotatable bonds is 4. The van der Waals surface area contributed by atoms with Gasteiger partial charge in [-0.2, -0.15) is 0 Å². The Hall–Kier alpha value is -0.420. The Morgan fingerprint density at radius 2 is 2.22 bits per heavy atom. The highest BCUT2D eigenvalue weighted by molar-refractivity contribution is 8.09. The van der Waals surface area contributed by atoms with E-state index in [9.17, 15) is 9.69 Å². The van der Waals surface area contributed by atoms with E-state index >= 15 is 0 Å². The van der Waals surface area contributed by atoms with Crippen molar-refractivity contribution in [2.45, 2.75) is 38.2 Å². The van der Waals surface area contributed by atoms with E-state index in [-0.39, 0.29) is 12.8 Å². The summed E-state index contributed by atoms with van der Waals surface area (Å²) in [6.45, 7) is -1.41. The monoisotopic (exact) mass is 293 g/mol. The molecule has 0 aromatic carbocycles. The summed E-state index contributed by atoms with van der Waals surface area (Å²) in [5.74, 6) is 0. The summed E-state index contributed by atoms with van der Waals surface area (Å²) >= 11 is 4.68. The molecule has 1 rings (SSSR count). The van der Waals surface area contributed by atoms with Crippen molar-refractivity contribution in [3.8, 4) is 0 Å². The smallest absolute Gasteiger partial charge is 0.409 e. The van der Waals surface area contributed by atoms with E-state index in [1.807, 2.05) is 0 Å². The molecular weight excluding hydrogens is 273 g/mol. The third kappa shape index (κ3) is 7.82. The number of ether oxygens (including phenoxy) is 1. The Morgan fingerprint density at radius 3 is 2.94 bits per heavy atom. The van der Waals surface area contributed by atoms with Crippen LogP contribution in [0.15, 0.2) is 12.2 Å². The topological polar surface area (TPSA) is 67.8 Å². The highest BCUT2D eigenvalue weighted by Crippen LogP contribution is 2.36. The average molecular weight is 293 g/mol. The molecular formula is C11H20NO4PS. The van der Waals surface area contributed by atoms with E-state index < -0.39 is 12.6 Å². The van der Waals surface area contributed by atoms with E-state index in [0.717, 1.165) is 32.1 Å². The van der Waals surface area contributed by atoms with E-state index in [2.05, 4.69) is 29.3 Å². The van der Waals surface area contributed by atoms with Crippen LogP contribution in [0.3, 0.4) is 0 Å². The van der Waals surface area contributed by atoms with Crippen LogP contribution in [0.25, 0.3) is 0 Å². The second kappa shape index (κ2) is 7.89. The van der Waals surface area contributed by atoms with Crippen molar-refractivity contribution < 1.29 is 18.9 Å². The third-order valence-corrected chi connectivity index (χ3v) is 3.44. The van der Waals surface area contributed by atoms with Gasteiger partial charge in [0.15, 0.2) is 6.49 Å². The predicted octanol–water partition coefficient (Wildman–Crippen LogP) is 2.51. The highest BCUT2D eigenvalue weighted by atomic mass is 32.5. The van der Waals surface area contributed by atoms with Crippen LogP contribution in [0.2, 0.25) is 0 Å². The number of carbonyl (C=O) groups is 1. The van der Waals surface area contributed by atoms with Gasteiger partial charge in [-0.1, -0.05) is 12.2 Å². The summed E-state index contributed by atoms with van der Waals surface area (Å²) < 4.78 is 10.2. The molecule has 1 aliphatic carbocycles. The SMILES string of the molecule is CP(O)(=S)OCNC(=O)OC1CC/C=C/CCC1. The van der Waals surface area contributed by atoms with Gasteiger partial charge in [0, 0.05) is 6.66 Å². The Kier molecular flexibility index (Phi) is 6.86. The summed E-state index contributed by atoms with van der Waals surface area (Å²) in [5.41, 5.74) is 0. The highest BCUT2D eigenvalue weighted by Gasteiger charge is 2.14. The second-order valence-electron chi connectivity index (χ2n) is 4.26. The largest absolute Gasteiger partial charge is 0.446 e. The summed E-state index contributed by atoms with van der Waals surface area (Å²) in [6.07, 6.45) is 8.43. The number of amides is 1. The van der Waals surface area contributed by atoms with Gasteiger partial charge in [-0.25, -0.2) is 4.79 Å². The van der Waals surface area contributed by atoms with Crippen LogP contribution in [-0.4, -0.2) is 30.5 Å². The van der Waals surface area contributed by atoms with Gasteiger partial charge in [-0.05, 0) is 43.9 Å². The van der Waals surface area contributed by atoms with Crippen molar-refractivity contribution in [1.29, 1.82) is 0 Å². The standard InChI is InChI=1S/C11H20NO4PS/c1-17(14,18)15-9-12-11(13)16-10-7-5-3-2-4-6-8-10/h2-3,10H,4-9H2,1H3,(H,12,13)(H,14,18)/b3-2+. The molecule has 0 aromatic rings. The van der Waals surface area contributed by atoms with Crippen LogP contribution in [0.1, 0.15) is 32.1 Å². The van der Waals surface area contributed by atoms with Gasteiger partial charge in [0.25, 0.3) is 0 Å². The maximum absolute atomic E-state index is 11.5. The van der Waals surface area contributed by atoms with Gasteiger partial charge in [0.1, 0.15) is 12.8 Å². The molecule has 1 amide bonds. The number of nitrogens with one attached hydrogen (secondary N) is 1. The molecule has 2 atom stereocenters. The predicted molar refractivity (Wildman–Crippen MR) is 74.0 cm³/mol. The molecule has 7 heteroatoms. The molecule has 5 nitrogen and oxygen atoms in total. The van der Waals surface area contributed by atoms with E-state index in [1.165, 1.54) is 6.66 Å². The fourth-order valence-electron chi connectivity index (χ4n) is 1.65. The molecule has 18 heavy (non-hydrogen) atoms. The molecule has 0 bridgehead atoms. The van der Waals surface area contributed by atoms with Crippen molar-refractivity contribution in [2.24, 2.45) is 0 Å². The first-order valence-corrected chi connectivity index (χ1v) is 9.14. The van der Waals surface area contributed by atoms with Crippen LogP contribution >= 0.6 is 6.49 Å². The average Bonchev–Trinajstić information content (AvgIpc) is 2.20. The zero-order valence-electron chi connectivity index (χ0n) is 10.5. The second-order valence-corrected chi connectivity index (χ2v) is 8.16. The summed E-state index contributed by atoms with van der Waals surface area (Å²) in [7, 11) is 0. The van der Waals surface area contributed by atoms with Gasteiger partial charge in [0.05, 0.1) is 0 Å². The molecule has 2 unspecified atom stereocenters. The molecule has 0 saturated carbocycles. The normalized spacial score (nSPS) is 25.3. The van der Waals surface area contributed by atoms with Gasteiger partial charge in [0.2, 0.25) is 0 Å². The Morgan fingerprint density at radius 1 is 1.50 bits per heavy atom. The lowest BCUT2D eigenvalue weighted by atomic mass is 10.0. The van der Waals surface area contributed by atoms with Crippen molar-refractivity contribution in [3.63, 3.8) is 0 Å². The lowest BCUT2D eigenvalue weighted by molar-refractivity contribution is 0.0810. The minimum atomic E-state index is -2.72. The Balaban J connectivity index is 2.22. The van der Waals surface area contributed by atoms with Gasteiger partial charge >= 0.3 is 6.09 Å².